The molecule has 20 heavy (non-hydrogen) atoms. The topological polar surface area (TPSA) is 58.6 Å². The lowest BCUT2D eigenvalue weighted by Crippen LogP contribution is -2.38. The minimum atomic E-state index is -0.577. The van der Waals surface area contributed by atoms with E-state index in [0.29, 0.717) is 18.8 Å². The third-order valence-corrected chi connectivity index (χ3v) is 4.07. The molecule has 0 aromatic heterocycles. The van der Waals surface area contributed by atoms with Gasteiger partial charge in [0.2, 0.25) is 0 Å². The number of carbonyl (C=O) groups is 1. The molecule has 1 amide bonds. The Morgan fingerprint density at radius 3 is 2.85 bits per heavy atom. The van der Waals surface area contributed by atoms with E-state index in [4.69, 9.17) is 4.74 Å². The number of hydrogen-bond acceptors (Lipinski definition) is 3. The Labute approximate surface area is 125 Å². The number of nitrogens with one attached hydrogen (secondary N) is 1. The highest BCUT2D eigenvalue weighted by atomic mass is 79.9. The van der Waals surface area contributed by atoms with Crippen LogP contribution in [0, 0.1) is 11.7 Å². The first-order valence-corrected chi connectivity index (χ1v) is 7.36. The number of aliphatic hydroxyl groups is 1. The third-order valence-electron chi connectivity index (χ3n) is 3.46. The van der Waals surface area contributed by atoms with Gasteiger partial charge in [-0.2, -0.15) is 0 Å². The van der Waals surface area contributed by atoms with E-state index in [1.165, 1.54) is 18.2 Å². The molecule has 6 heteroatoms. The summed E-state index contributed by atoms with van der Waals surface area (Å²) < 4.78 is 18.6. The van der Waals surface area contributed by atoms with Gasteiger partial charge in [-0.1, -0.05) is 0 Å². The van der Waals surface area contributed by atoms with Crippen LogP contribution >= 0.6 is 15.9 Å². The van der Waals surface area contributed by atoms with Crippen molar-refractivity contribution in [2.45, 2.75) is 18.9 Å². The Kier molecular flexibility index (Phi) is 5.51. The van der Waals surface area contributed by atoms with Crippen molar-refractivity contribution in [3.8, 4) is 0 Å². The van der Waals surface area contributed by atoms with Crippen molar-refractivity contribution in [2.75, 3.05) is 19.8 Å². The zero-order valence-electron chi connectivity index (χ0n) is 10.9. The van der Waals surface area contributed by atoms with E-state index in [0.717, 1.165) is 12.8 Å². The maximum Gasteiger partial charge on any atom is 0.251 e. The van der Waals surface area contributed by atoms with Crippen LogP contribution in [-0.2, 0) is 4.74 Å². The van der Waals surface area contributed by atoms with Gasteiger partial charge in [0.25, 0.3) is 5.91 Å². The first-order valence-electron chi connectivity index (χ1n) is 6.57. The number of rotatable bonds is 4. The quantitative estimate of drug-likeness (QED) is 0.878. The van der Waals surface area contributed by atoms with Crippen LogP contribution in [0.5, 0.6) is 0 Å². The normalized spacial score (nSPS) is 17.8. The van der Waals surface area contributed by atoms with E-state index < -0.39 is 11.9 Å². The number of amides is 1. The van der Waals surface area contributed by atoms with Crippen LogP contribution in [0.2, 0.25) is 0 Å². The minimum Gasteiger partial charge on any atom is -0.391 e. The molecule has 110 valence electrons. The number of ether oxygens (including phenoxy) is 1. The second kappa shape index (κ2) is 7.15. The monoisotopic (exact) mass is 345 g/mol. The van der Waals surface area contributed by atoms with Crippen molar-refractivity contribution in [2.24, 2.45) is 5.92 Å². The average molecular weight is 346 g/mol. The first kappa shape index (κ1) is 15.4. The molecule has 0 radical (unpaired) electrons. The van der Waals surface area contributed by atoms with E-state index in [1.807, 2.05) is 0 Å². The molecule has 1 saturated heterocycles. The van der Waals surface area contributed by atoms with Crippen LogP contribution in [0.1, 0.15) is 23.2 Å². The lowest BCUT2D eigenvalue weighted by atomic mass is 9.94. The fourth-order valence-corrected chi connectivity index (χ4v) is 2.58. The van der Waals surface area contributed by atoms with Gasteiger partial charge in [-0.05, 0) is 52.9 Å². The van der Waals surface area contributed by atoms with Crippen LogP contribution in [0.25, 0.3) is 0 Å². The van der Waals surface area contributed by atoms with Gasteiger partial charge < -0.3 is 15.2 Å². The Morgan fingerprint density at radius 1 is 1.50 bits per heavy atom. The van der Waals surface area contributed by atoms with Crippen molar-refractivity contribution in [3.05, 3.63) is 34.1 Å². The van der Waals surface area contributed by atoms with Crippen LogP contribution in [-0.4, -0.2) is 36.9 Å². The van der Waals surface area contributed by atoms with Crippen LogP contribution in [0.3, 0.4) is 0 Å². The largest absolute Gasteiger partial charge is 0.391 e. The summed E-state index contributed by atoms with van der Waals surface area (Å²) in [5.41, 5.74) is 0.359. The average Bonchev–Trinajstić information content (AvgIpc) is 2.48. The van der Waals surface area contributed by atoms with E-state index in [-0.39, 0.29) is 22.8 Å². The minimum absolute atomic E-state index is 0.156. The summed E-state index contributed by atoms with van der Waals surface area (Å²) in [5, 5.41) is 12.7. The molecule has 1 aliphatic heterocycles. The molecule has 0 saturated carbocycles. The maximum atomic E-state index is 13.1. The first-order chi connectivity index (χ1) is 9.58. The molecule has 1 heterocycles. The zero-order valence-corrected chi connectivity index (χ0v) is 12.5. The van der Waals surface area contributed by atoms with Crippen LogP contribution < -0.4 is 5.32 Å². The van der Waals surface area contributed by atoms with Crippen molar-refractivity contribution >= 4 is 21.8 Å². The summed E-state index contributed by atoms with van der Waals surface area (Å²) in [6, 6.07) is 4.07. The number of hydrogen-bond donors (Lipinski definition) is 2. The maximum absolute atomic E-state index is 13.1. The molecule has 0 aliphatic carbocycles. The van der Waals surface area contributed by atoms with Gasteiger partial charge in [-0.3, -0.25) is 4.79 Å². The third kappa shape index (κ3) is 4.01. The summed E-state index contributed by atoms with van der Waals surface area (Å²) in [4.78, 5) is 11.9. The van der Waals surface area contributed by atoms with Gasteiger partial charge in [0.15, 0.2) is 0 Å². The molecule has 1 atom stereocenters. The van der Waals surface area contributed by atoms with Gasteiger partial charge in [-0.25, -0.2) is 4.39 Å². The summed E-state index contributed by atoms with van der Waals surface area (Å²) in [6.07, 6.45) is 1.03. The molecule has 0 unspecified atom stereocenters. The molecule has 4 nitrogen and oxygen atoms in total. The van der Waals surface area contributed by atoms with Gasteiger partial charge in [0, 0.05) is 25.3 Å². The number of aliphatic hydroxyl groups excluding tert-OH is 1. The van der Waals surface area contributed by atoms with Gasteiger partial charge >= 0.3 is 0 Å². The highest BCUT2D eigenvalue weighted by Crippen LogP contribution is 2.19. The highest BCUT2D eigenvalue weighted by molar-refractivity contribution is 9.10. The van der Waals surface area contributed by atoms with Gasteiger partial charge in [0.05, 0.1) is 10.6 Å². The Bertz CT molecular complexity index is 477. The predicted octanol–water partition coefficient (Wildman–Crippen LogP) is 2.11. The number of carbonyl (C=O) groups excluding carboxylic acids is 1. The van der Waals surface area contributed by atoms with Crippen molar-refractivity contribution < 1.29 is 19.0 Å². The molecule has 2 rings (SSSR count). The molecule has 1 aromatic rings. The van der Waals surface area contributed by atoms with Crippen molar-refractivity contribution in [1.29, 1.82) is 0 Å². The summed E-state index contributed by atoms with van der Waals surface area (Å²) in [5.74, 6) is -0.579. The summed E-state index contributed by atoms with van der Waals surface area (Å²) in [6.45, 7) is 1.50. The summed E-state index contributed by atoms with van der Waals surface area (Å²) >= 11 is 3.04. The lowest BCUT2D eigenvalue weighted by molar-refractivity contribution is 0.00873. The fraction of sp³-hybridized carbons (Fsp3) is 0.500. The number of benzene rings is 1. The van der Waals surface area contributed by atoms with E-state index in [9.17, 15) is 14.3 Å². The standard InChI is InChI=1S/C14H17BrFNO3/c15-11-7-10(1-2-12(11)16)14(19)17-8-13(18)9-3-5-20-6-4-9/h1-2,7,9,13,18H,3-6,8H2,(H,17,19)/t13-/m1/s1. The molecule has 1 aromatic carbocycles. The zero-order chi connectivity index (χ0) is 14.5. The molecule has 0 spiro atoms. The Balaban J connectivity index is 1.86. The Hall–Kier alpha value is -0.980. The Morgan fingerprint density at radius 2 is 2.20 bits per heavy atom. The fourth-order valence-electron chi connectivity index (χ4n) is 2.20. The van der Waals surface area contributed by atoms with Crippen molar-refractivity contribution in [1.82, 2.24) is 5.32 Å². The number of halogens is 2. The highest BCUT2D eigenvalue weighted by Gasteiger charge is 2.22. The molecule has 1 fully saturated rings. The molecule has 2 N–H and O–H groups in total. The molecular formula is C14H17BrFNO3. The second-order valence-electron chi connectivity index (χ2n) is 4.86. The smallest absolute Gasteiger partial charge is 0.251 e. The lowest BCUT2D eigenvalue weighted by Gasteiger charge is -2.26. The second-order valence-corrected chi connectivity index (χ2v) is 5.71. The van der Waals surface area contributed by atoms with E-state index in [1.54, 1.807) is 0 Å². The van der Waals surface area contributed by atoms with Crippen LogP contribution in [0.15, 0.2) is 22.7 Å². The van der Waals surface area contributed by atoms with Crippen molar-refractivity contribution in [3.63, 3.8) is 0 Å². The molecule has 1 aliphatic rings. The van der Waals surface area contributed by atoms with Gasteiger partial charge in [0.1, 0.15) is 5.82 Å². The predicted molar refractivity (Wildman–Crippen MR) is 76.0 cm³/mol. The van der Waals surface area contributed by atoms with E-state index in [2.05, 4.69) is 21.2 Å². The van der Waals surface area contributed by atoms with E-state index >= 15 is 0 Å². The van der Waals surface area contributed by atoms with Gasteiger partial charge in [-0.15, -0.1) is 0 Å². The molecule has 0 bridgehead atoms. The molecular weight excluding hydrogens is 329 g/mol. The summed E-state index contributed by atoms with van der Waals surface area (Å²) in [7, 11) is 0. The SMILES string of the molecule is O=C(NC[C@@H](O)C1CCOCC1)c1ccc(F)c(Br)c1. The van der Waals surface area contributed by atoms with Crippen LogP contribution in [0.4, 0.5) is 4.39 Å².